The van der Waals surface area contributed by atoms with Gasteiger partial charge in [0, 0.05) is 40.0 Å². The van der Waals surface area contributed by atoms with Gasteiger partial charge in [0.05, 0.1) is 0 Å². The summed E-state index contributed by atoms with van der Waals surface area (Å²) >= 11 is 0. The van der Waals surface area contributed by atoms with E-state index < -0.39 is 113 Å². The van der Waals surface area contributed by atoms with Gasteiger partial charge in [0.15, 0.2) is 0 Å². The third kappa shape index (κ3) is 14.5. The lowest BCUT2D eigenvalue weighted by Crippen LogP contribution is -2.65. The Bertz CT molecular complexity index is 1510. The SMILES string of the molecule is CN(CCOC(=O)CCCCCCCCCCCCCCCCC(=O)OCCN(C)S(=O)(=O)C(F)(F)C(F)(F)C(F)(F)C(F)(F)F)S(=O)(=O)C(F)(F)C(F)(F)C(F)(F)C(F)(F)F. The van der Waals surface area contributed by atoms with Crippen molar-refractivity contribution < 1.29 is 115 Å². The fraction of sp³-hybridized carbons (Fsp3) is 0.938. The second-order valence-corrected chi connectivity index (χ2v) is 18.0. The molecule has 370 valence electrons. The molecule has 0 fully saturated rings. The molecule has 0 aliphatic carbocycles. The maximum absolute atomic E-state index is 13.9. The third-order valence-corrected chi connectivity index (χ3v) is 12.9. The number of carbonyl (C=O) groups is 2. The topological polar surface area (TPSA) is 127 Å². The summed E-state index contributed by atoms with van der Waals surface area (Å²) in [6.07, 6.45) is -4.87. The minimum Gasteiger partial charge on any atom is -0.464 e. The van der Waals surface area contributed by atoms with Crippen molar-refractivity contribution in [2.75, 3.05) is 40.4 Å². The van der Waals surface area contributed by atoms with Gasteiger partial charge in [0.2, 0.25) is 0 Å². The number of nitrogens with zero attached hydrogens (tertiary/aromatic N) is 2. The molecule has 0 saturated carbocycles. The predicted octanol–water partition coefficient (Wildman–Crippen LogP) is 9.69. The summed E-state index contributed by atoms with van der Waals surface area (Å²) in [6, 6.07) is 0. The maximum Gasteiger partial charge on any atom is 0.460 e. The normalized spacial score (nSPS) is 14.5. The molecular formula is C32H46F18N2O8S2. The van der Waals surface area contributed by atoms with E-state index in [9.17, 15) is 105 Å². The number of esters is 2. The lowest BCUT2D eigenvalue weighted by molar-refractivity contribution is -0.382. The van der Waals surface area contributed by atoms with E-state index in [1.807, 2.05) is 0 Å². The van der Waals surface area contributed by atoms with Crippen molar-refractivity contribution in [1.82, 2.24) is 8.61 Å². The van der Waals surface area contributed by atoms with E-state index in [2.05, 4.69) is 9.47 Å². The summed E-state index contributed by atoms with van der Waals surface area (Å²) in [7, 11) is -13.2. The monoisotopic (exact) mass is 992 g/mol. The summed E-state index contributed by atoms with van der Waals surface area (Å²) in [5.74, 6) is -31.5. The van der Waals surface area contributed by atoms with Crippen LogP contribution in [0.15, 0.2) is 0 Å². The average molecular weight is 993 g/mol. The summed E-state index contributed by atoms with van der Waals surface area (Å²) in [4.78, 5) is 23.6. The number of hydrogen-bond donors (Lipinski definition) is 0. The Morgan fingerprint density at radius 1 is 0.387 bits per heavy atom. The first-order valence-electron chi connectivity index (χ1n) is 18.5. The summed E-state index contributed by atoms with van der Waals surface area (Å²) in [5.41, 5.74) is 0. The first kappa shape index (κ1) is 59.5. The quantitative estimate of drug-likeness (QED) is 0.0382. The number of unbranched alkanes of at least 4 members (excludes halogenated alkanes) is 13. The molecule has 0 aromatic rings. The van der Waals surface area contributed by atoms with Crippen LogP contribution < -0.4 is 0 Å². The van der Waals surface area contributed by atoms with E-state index in [-0.39, 0.29) is 39.8 Å². The maximum atomic E-state index is 13.9. The van der Waals surface area contributed by atoms with Crippen LogP contribution in [0.25, 0.3) is 0 Å². The van der Waals surface area contributed by atoms with Gasteiger partial charge in [-0.05, 0) is 12.8 Å². The van der Waals surface area contributed by atoms with Crippen LogP contribution in [-0.4, -0.2) is 124 Å². The van der Waals surface area contributed by atoms with Gasteiger partial charge in [0.25, 0.3) is 20.0 Å². The van der Waals surface area contributed by atoms with Crippen LogP contribution >= 0.6 is 0 Å². The van der Waals surface area contributed by atoms with E-state index in [1.54, 1.807) is 0 Å². The largest absolute Gasteiger partial charge is 0.464 e. The molecule has 0 amide bonds. The van der Waals surface area contributed by atoms with E-state index in [0.717, 1.165) is 51.4 Å². The molecule has 0 aliphatic heterocycles. The minimum atomic E-state index is -7.41. The highest BCUT2D eigenvalue weighted by Crippen LogP contribution is 2.56. The average Bonchev–Trinajstić information content (AvgIpc) is 3.12. The summed E-state index contributed by atoms with van der Waals surface area (Å²) in [5, 5.41) is -13.8. The van der Waals surface area contributed by atoms with Crippen molar-refractivity contribution in [2.24, 2.45) is 0 Å². The molecule has 0 saturated heterocycles. The highest BCUT2D eigenvalue weighted by Gasteiger charge is 2.87. The molecule has 0 N–H and O–H groups in total. The molecule has 0 bridgehead atoms. The first-order valence-corrected chi connectivity index (χ1v) is 21.3. The number of likely N-dealkylation sites (N-methyl/N-ethyl adjacent to an activating group) is 2. The number of rotatable bonds is 31. The lowest BCUT2D eigenvalue weighted by Gasteiger charge is -2.34. The Morgan fingerprint density at radius 3 is 0.806 bits per heavy atom. The zero-order valence-electron chi connectivity index (χ0n) is 32.9. The van der Waals surface area contributed by atoms with Gasteiger partial charge in [0.1, 0.15) is 13.2 Å². The smallest absolute Gasteiger partial charge is 0.460 e. The molecule has 30 heteroatoms. The lowest BCUT2D eigenvalue weighted by atomic mass is 10.0. The Morgan fingerprint density at radius 2 is 0.597 bits per heavy atom. The molecule has 0 radical (unpaired) electrons. The molecule has 0 rings (SSSR count). The van der Waals surface area contributed by atoms with Crippen LogP contribution in [-0.2, 0) is 39.1 Å². The summed E-state index contributed by atoms with van der Waals surface area (Å²) in [6.45, 7) is -4.54. The highest BCUT2D eigenvalue weighted by molar-refractivity contribution is 7.90. The van der Waals surface area contributed by atoms with Crippen molar-refractivity contribution in [3.8, 4) is 0 Å². The fourth-order valence-electron chi connectivity index (χ4n) is 5.06. The Balaban J connectivity index is 4.13. The van der Waals surface area contributed by atoms with Crippen molar-refractivity contribution >= 4 is 32.0 Å². The first-order chi connectivity index (χ1) is 27.8. The number of hydrogen-bond acceptors (Lipinski definition) is 8. The van der Waals surface area contributed by atoms with Crippen molar-refractivity contribution in [2.45, 2.75) is 149 Å². The molecule has 62 heavy (non-hydrogen) atoms. The van der Waals surface area contributed by atoms with E-state index in [0.29, 0.717) is 25.7 Å². The number of halogens is 18. The standard InChI is InChI=1S/C32H46F18N2O8S2/c1-51(61(55,56)31(47,48)27(37,38)25(33,34)29(41,42)43)19-21-59-23(53)17-15-13-11-9-7-5-3-4-6-8-10-12-14-16-18-24(54)60-22-20-52(2)62(57,58)32(49,50)28(39,40)26(35,36)30(44,45)46/h3-22H2,1-2H3. The second kappa shape index (κ2) is 23.1. The molecular weight excluding hydrogens is 946 g/mol. The van der Waals surface area contributed by atoms with Crippen molar-refractivity contribution in [3.05, 3.63) is 0 Å². The fourth-order valence-corrected chi connectivity index (χ4v) is 7.37. The van der Waals surface area contributed by atoms with Crippen LogP contribution in [0.4, 0.5) is 79.0 Å². The zero-order valence-corrected chi connectivity index (χ0v) is 34.6. The zero-order chi connectivity index (χ0) is 48.9. The van der Waals surface area contributed by atoms with Crippen LogP contribution in [0, 0.1) is 0 Å². The Hall–Kier alpha value is -2.50. The van der Waals surface area contributed by atoms with Crippen LogP contribution in [0.2, 0.25) is 0 Å². The molecule has 0 heterocycles. The number of alkyl halides is 18. The number of carbonyl (C=O) groups excluding carboxylic acids is 2. The molecule has 0 spiro atoms. The third-order valence-electron chi connectivity index (χ3n) is 9.05. The minimum absolute atomic E-state index is 0.187. The van der Waals surface area contributed by atoms with E-state index >= 15 is 0 Å². The predicted molar refractivity (Wildman–Crippen MR) is 181 cm³/mol. The van der Waals surface area contributed by atoms with Crippen LogP contribution in [0.3, 0.4) is 0 Å². The van der Waals surface area contributed by atoms with Gasteiger partial charge in [-0.15, -0.1) is 0 Å². The Labute approximate surface area is 345 Å². The summed E-state index contributed by atoms with van der Waals surface area (Å²) < 4.78 is 290. The number of sulfonamides is 2. The highest BCUT2D eigenvalue weighted by atomic mass is 32.2. The molecule has 0 aliphatic rings. The van der Waals surface area contributed by atoms with Crippen LogP contribution in [0.5, 0.6) is 0 Å². The molecule has 0 aromatic heterocycles. The number of ether oxygens (including phenoxy) is 2. The molecule has 0 atom stereocenters. The molecule has 0 unspecified atom stereocenters. The van der Waals surface area contributed by atoms with Crippen LogP contribution in [0.1, 0.15) is 103 Å². The molecule has 0 aromatic carbocycles. The van der Waals surface area contributed by atoms with Crippen molar-refractivity contribution in [1.29, 1.82) is 0 Å². The van der Waals surface area contributed by atoms with Crippen molar-refractivity contribution in [3.63, 3.8) is 0 Å². The van der Waals surface area contributed by atoms with Gasteiger partial charge in [-0.3, -0.25) is 9.59 Å². The van der Waals surface area contributed by atoms with Gasteiger partial charge >= 0.3 is 58.5 Å². The van der Waals surface area contributed by atoms with Gasteiger partial charge in [-0.1, -0.05) is 77.0 Å². The van der Waals surface area contributed by atoms with E-state index in [1.165, 1.54) is 0 Å². The second-order valence-electron chi connectivity index (χ2n) is 13.9. The van der Waals surface area contributed by atoms with Gasteiger partial charge in [-0.25, -0.2) is 16.8 Å². The molecule has 10 nitrogen and oxygen atoms in total. The van der Waals surface area contributed by atoms with Gasteiger partial charge < -0.3 is 9.47 Å². The van der Waals surface area contributed by atoms with E-state index in [4.69, 9.17) is 0 Å². The Kier molecular flexibility index (Phi) is 22.2. The van der Waals surface area contributed by atoms with Gasteiger partial charge in [-0.2, -0.15) is 87.6 Å².